The van der Waals surface area contributed by atoms with Crippen molar-refractivity contribution in [3.63, 3.8) is 0 Å². The van der Waals surface area contributed by atoms with E-state index in [2.05, 4.69) is 20.4 Å². The summed E-state index contributed by atoms with van der Waals surface area (Å²) in [6.45, 7) is 8.31. The van der Waals surface area contributed by atoms with Crippen molar-refractivity contribution >= 4 is 11.7 Å². The van der Waals surface area contributed by atoms with Gasteiger partial charge in [-0.1, -0.05) is 18.2 Å². The summed E-state index contributed by atoms with van der Waals surface area (Å²) in [4.78, 5) is 21.6. The minimum atomic E-state index is -0.133. The maximum atomic E-state index is 12.6. The summed E-state index contributed by atoms with van der Waals surface area (Å²) in [5, 5.41) is 7.65. The SMILES string of the molecule is CCOc1ccccc1[C@H]1CC(=O)Nc2c1c(C)nn2-c1nc(C)cc(C)n1. The molecule has 0 radical (unpaired) electrons. The number of amides is 1. The molecule has 7 nitrogen and oxygen atoms in total. The molecule has 2 aromatic heterocycles. The van der Waals surface area contributed by atoms with Crippen molar-refractivity contribution in [2.45, 2.75) is 40.0 Å². The molecule has 0 saturated carbocycles. The molecule has 7 heteroatoms. The minimum absolute atomic E-state index is 0.0608. The molecule has 4 rings (SSSR count). The van der Waals surface area contributed by atoms with Crippen LogP contribution in [0, 0.1) is 20.8 Å². The summed E-state index contributed by atoms with van der Waals surface area (Å²) in [6.07, 6.45) is 0.345. The number of ether oxygens (including phenoxy) is 1. The van der Waals surface area contributed by atoms with Gasteiger partial charge in [0.05, 0.1) is 12.3 Å². The Balaban J connectivity index is 1.89. The fraction of sp³-hybridized carbons (Fsp3) is 0.333. The van der Waals surface area contributed by atoms with Crippen LogP contribution in [0.3, 0.4) is 0 Å². The molecule has 3 heterocycles. The number of nitrogens with zero attached hydrogens (tertiary/aromatic N) is 4. The molecule has 3 aromatic rings. The van der Waals surface area contributed by atoms with Crippen LogP contribution in [0.2, 0.25) is 0 Å². The van der Waals surface area contributed by atoms with Crippen LogP contribution in [0.15, 0.2) is 30.3 Å². The first-order valence-corrected chi connectivity index (χ1v) is 9.41. The number of hydrogen-bond donors (Lipinski definition) is 1. The number of benzene rings is 1. The average Bonchev–Trinajstić information content (AvgIpc) is 2.97. The van der Waals surface area contributed by atoms with Gasteiger partial charge in [0.2, 0.25) is 5.91 Å². The highest BCUT2D eigenvalue weighted by Crippen LogP contribution is 2.42. The maximum Gasteiger partial charge on any atom is 0.252 e. The number of para-hydroxylation sites is 1. The van der Waals surface area contributed by atoms with Crippen LogP contribution < -0.4 is 10.1 Å². The van der Waals surface area contributed by atoms with Crippen molar-refractivity contribution in [3.05, 3.63) is 58.5 Å². The Morgan fingerprint density at radius 2 is 1.89 bits per heavy atom. The van der Waals surface area contributed by atoms with Crippen molar-refractivity contribution in [1.82, 2.24) is 19.7 Å². The van der Waals surface area contributed by atoms with Gasteiger partial charge in [-0.25, -0.2) is 9.97 Å². The van der Waals surface area contributed by atoms with E-state index in [1.54, 1.807) is 4.68 Å². The van der Waals surface area contributed by atoms with E-state index in [1.165, 1.54) is 0 Å². The third kappa shape index (κ3) is 3.13. The zero-order chi connectivity index (χ0) is 19.8. The maximum absolute atomic E-state index is 12.6. The fourth-order valence-corrected chi connectivity index (χ4v) is 3.81. The quantitative estimate of drug-likeness (QED) is 0.753. The zero-order valence-corrected chi connectivity index (χ0v) is 16.5. The Bertz CT molecular complexity index is 1040. The average molecular weight is 377 g/mol. The van der Waals surface area contributed by atoms with E-state index in [0.29, 0.717) is 24.8 Å². The first-order chi connectivity index (χ1) is 13.5. The third-order valence-corrected chi connectivity index (χ3v) is 4.86. The van der Waals surface area contributed by atoms with E-state index >= 15 is 0 Å². The molecule has 144 valence electrons. The van der Waals surface area contributed by atoms with Crippen molar-refractivity contribution in [3.8, 4) is 11.7 Å². The summed E-state index contributed by atoms with van der Waals surface area (Å²) in [5.41, 5.74) is 4.52. The van der Waals surface area contributed by atoms with Gasteiger partial charge in [0.1, 0.15) is 11.6 Å². The van der Waals surface area contributed by atoms with E-state index < -0.39 is 0 Å². The molecule has 28 heavy (non-hydrogen) atoms. The number of rotatable bonds is 4. The lowest BCUT2D eigenvalue weighted by Gasteiger charge is -2.25. The van der Waals surface area contributed by atoms with E-state index in [4.69, 9.17) is 4.74 Å². The van der Waals surface area contributed by atoms with Gasteiger partial charge in [0, 0.05) is 34.9 Å². The van der Waals surface area contributed by atoms with Gasteiger partial charge in [-0.05, 0) is 39.8 Å². The summed E-state index contributed by atoms with van der Waals surface area (Å²) in [6, 6.07) is 9.78. The van der Waals surface area contributed by atoms with Gasteiger partial charge in [-0.3, -0.25) is 4.79 Å². The molecular formula is C21H23N5O2. The predicted molar refractivity (Wildman–Crippen MR) is 106 cm³/mol. The van der Waals surface area contributed by atoms with Crippen LogP contribution in [-0.4, -0.2) is 32.3 Å². The third-order valence-electron chi connectivity index (χ3n) is 4.86. The van der Waals surface area contributed by atoms with Gasteiger partial charge < -0.3 is 10.1 Å². The summed E-state index contributed by atoms with van der Waals surface area (Å²) in [5.74, 6) is 1.70. The topological polar surface area (TPSA) is 81.9 Å². The molecular weight excluding hydrogens is 354 g/mol. The Morgan fingerprint density at radius 3 is 2.61 bits per heavy atom. The van der Waals surface area contributed by atoms with Crippen molar-refractivity contribution < 1.29 is 9.53 Å². The molecule has 1 atom stereocenters. The normalized spacial score (nSPS) is 15.9. The van der Waals surface area contributed by atoms with Crippen LogP contribution in [0.25, 0.3) is 5.95 Å². The fourth-order valence-electron chi connectivity index (χ4n) is 3.81. The summed E-state index contributed by atoms with van der Waals surface area (Å²) in [7, 11) is 0. The monoisotopic (exact) mass is 377 g/mol. The number of fused-ring (bicyclic) bond motifs is 1. The Labute approximate surface area is 163 Å². The Kier molecular flexibility index (Phi) is 4.58. The molecule has 1 aliphatic rings. The Hall–Kier alpha value is -3.22. The largest absolute Gasteiger partial charge is 0.494 e. The van der Waals surface area contributed by atoms with Crippen LogP contribution >= 0.6 is 0 Å². The molecule has 1 N–H and O–H groups in total. The molecule has 0 saturated heterocycles. The molecule has 1 amide bonds. The van der Waals surface area contributed by atoms with E-state index in [0.717, 1.165) is 34.0 Å². The van der Waals surface area contributed by atoms with Crippen molar-refractivity contribution in [2.75, 3.05) is 11.9 Å². The smallest absolute Gasteiger partial charge is 0.252 e. The van der Waals surface area contributed by atoms with Crippen LogP contribution in [0.1, 0.15) is 47.5 Å². The van der Waals surface area contributed by atoms with Crippen LogP contribution in [0.5, 0.6) is 5.75 Å². The minimum Gasteiger partial charge on any atom is -0.494 e. The first-order valence-electron chi connectivity index (χ1n) is 9.41. The number of aryl methyl sites for hydroxylation is 3. The van der Waals surface area contributed by atoms with Crippen LogP contribution in [0.4, 0.5) is 5.82 Å². The van der Waals surface area contributed by atoms with Gasteiger partial charge in [0.25, 0.3) is 5.95 Å². The standard InChI is InChI=1S/C21H23N5O2/c1-5-28-17-9-7-6-8-15(17)16-11-18(27)24-20-19(16)14(4)25-26(20)21-22-12(2)10-13(3)23-21/h6-10,16H,5,11H2,1-4H3,(H,24,27)/t16-/m1/s1. The number of carbonyl (C=O) groups is 1. The molecule has 0 fully saturated rings. The number of hydrogen-bond acceptors (Lipinski definition) is 5. The van der Waals surface area contributed by atoms with E-state index in [-0.39, 0.29) is 11.8 Å². The number of carbonyl (C=O) groups excluding carboxylic acids is 1. The highest BCUT2D eigenvalue weighted by atomic mass is 16.5. The van der Waals surface area contributed by atoms with Gasteiger partial charge in [-0.15, -0.1) is 0 Å². The Morgan fingerprint density at radius 1 is 1.18 bits per heavy atom. The second-order valence-electron chi connectivity index (χ2n) is 6.99. The first kappa shape index (κ1) is 18.2. The lowest BCUT2D eigenvalue weighted by molar-refractivity contribution is -0.116. The summed E-state index contributed by atoms with van der Waals surface area (Å²) < 4.78 is 7.46. The number of aromatic nitrogens is 4. The highest BCUT2D eigenvalue weighted by Gasteiger charge is 2.34. The van der Waals surface area contributed by atoms with Crippen molar-refractivity contribution in [2.24, 2.45) is 0 Å². The van der Waals surface area contributed by atoms with Gasteiger partial charge in [-0.2, -0.15) is 9.78 Å². The molecule has 1 aliphatic heterocycles. The zero-order valence-electron chi connectivity index (χ0n) is 16.5. The molecule has 0 aliphatic carbocycles. The van der Waals surface area contributed by atoms with E-state index in [1.807, 2.05) is 58.0 Å². The number of nitrogens with one attached hydrogen (secondary N) is 1. The van der Waals surface area contributed by atoms with Gasteiger partial charge >= 0.3 is 0 Å². The second-order valence-corrected chi connectivity index (χ2v) is 6.99. The molecule has 0 spiro atoms. The predicted octanol–water partition coefficient (Wildman–Crippen LogP) is 3.46. The lowest BCUT2D eigenvalue weighted by Crippen LogP contribution is -2.25. The molecule has 1 aromatic carbocycles. The lowest BCUT2D eigenvalue weighted by atomic mass is 9.85. The number of anilines is 1. The molecule has 0 unspecified atom stereocenters. The summed E-state index contributed by atoms with van der Waals surface area (Å²) >= 11 is 0. The van der Waals surface area contributed by atoms with Crippen molar-refractivity contribution in [1.29, 1.82) is 0 Å². The second kappa shape index (κ2) is 7.07. The highest BCUT2D eigenvalue weighted by molar-refractivity contribution is 5.95. The van der Waals surface area contributed by atoms with E-state index in [9.17, 15) is 4.79 Å². The van der Waals surface area contributed by atoms with Crippen LogP contribution in [-0.2, 0) is 4.79 Å². The molecule has 0 bridgehead atoms. The van der Waals surface area contributed by atoms with Gasteiger partial charge in [0.15, 0.2) is 0 Å².